The highest BCUT2D eigenvalue weighted by molar-refractivity contribution is 7.20. The molecule has 0 aliphatic carbocycles. The zero-order valence-corrected chi connectivity index (χ0v) is 10.7. The number of carbonyl (C=O) groups is 1. The maximum absolute atomic E-state index is 10.9. The molecule has 1 heterocycles. The van der Waals surface area contributed by atoms with E-state index in [0.29, 0.717) is 11.5 Å². The number of ether oxygens (including phenoxy) is 3. The van der Waals surface area contributed by atoms with E-state index in [2.05, 4.69) is 0 Å². The molecule has 1 aromatic carbocycles. The summed E-state index contributed by atoms with van der Waals surface area (Å²) in [5, 5.41) is 9.76. The van der Waals surface area contributed by atoms with Gasteiger partial charge in [-0.25, -0.2) is 4.79 Å². The van der Waals surface area contributed by atoms with Gasteiger partial charge in [-0.15, -0.1) is 11.3 Å². The topological polar surface area (TPSA) is 65.0 Å². The summed E-state index contributed by atoms with van der Waals surface area (Å²) in [4.78, 5) is 11.2. The van der Waals surface area contributed by atoms with E-state index in [9.17, 15) is 4.79 Å². The molecule has 0 atom stereocenters. The summed E-state index contributed by atoms with van der Waals surface area (Å²) in [6.45, 7) is 0.109. The molecule has 0 aliphatic rings. The van der Waals surface area contributed by atoms with Gasteiger partial charge in [-0.05, 0) is 17.5 Å². The third-order valence-electron chi connectivity index (χ3n) is 2.35. The van der Waals surface area contributed by atoms with Crippen LogP contribution in [0, 0.1) is 0 Å². The number of hydrogen-bond acceptors (Lipinski definition) is 5. The summed E-state index contributed by atoms with van der Waals surface area (Å²) in [5.41, 5.74) is 0. The van der Waals surface area contributed by atoms with Crippen molar-refractivity contribution in [3.8, 4) is 11.5 Å². The molecule has 2 rings (SSSR count). The van der Waals surface area contributed by atoms with E-state index in [1.807, 2.05) is 0 Å². The first kappa shape index (κ1) is 12.7. The molecule has 0 spiro atoms. The predicted octanol–water partition coefficient (Wildman–Crippen LogP) is 2.59. The predicted molar refractivity (Wildman–Crippen MR) is 67.8 cm³/mol. The minimum Gasteiger partial charge on any atom is -0.493 e. The fourth-order valence-electron chi connectivity index (χ4n) is 1.55. The Balaban J connectivity index is 2.47. The minimum atomic E-state index is -0.936. The molecule has 1 aromatic heterocycles. The second-order valence-electron chi connectivity index (χ2n) is 3.51. The lowest BCUT2D eigenvalue weighted by Gasteiger charge is -2.09. The van der Waals surface area contributed by atoms with E-state index in [1.165, 1.54) is 25.6 Å². The molecular formula is C12H12O5S. The van der Waals surface area contributed by atoms with Gasteiger partial charge in [0.15, 0.2) is 18.3 Å². The largest absolute Gasteiger partial charge is 0.493 e. The lowest BCUT2D eigenvalue weighted by Crippen LogP contribution is -2.00. The third kappa shape index (κ3) is 2.39. The standard InChI is InChI=1S/C12H12O5S/c1-15-6-17-9-3-7-4-11(12(13)14)18-10(7)5-8(9)16-2/h3-5H,6H2,1-2H3,(H,13,14). The normalized spacial score (nSPS) is 10.6. The summed E-state index contributed by atoms with van der Waals surface area (Å²) in [5.74, 6) is 0.148. The molecular weight excluding hydrogens is 256 g/mol. The van der Waals surface area contributed by atoms with Gasteiger partial charge in [0.05, 0.1) is 7.11 Å². The van der Waals surface area contributed by atoms with Gasteiger partial charge < -0.3 is 19.3 Å². The van der Waals surface area contributed by atoms with E-state index in [0.717, 1.165) is 10.1 Å². The second-order valence-corrected chi connectivity index (χ2v) is 4.59. The van der Waals surface area contributed by atoms with E-state index in [4.69, 9.17) is 19.3 Å². The van der Waals surface area contributed by atoms with E-state index >= 15 is 0 Å². The van der Waals surface area contributed by atoms with Crippen LogP contribution >= 0.6 is 11.3 Å². The fraction of sp³-hybridized carbons (Fsp3) is 0.250. The first-order chi connectivity index (χ1) is 8.65. The van der Waals surface area contributed by atoms with Crippen molar-refractivity contribution < 1.29 is 24.1 Å². The lowest BCUT2D eigenvalue weighted by atomic mass is 10.2. The van der Waals surface area contributed by atoms with Crippen molar-refractivity contribution >= 4 is 27.4 Å². The number of fused-ring (bicyclic) bond motifs is 1. The van der Waals surface area contributed by atoms with Gasteiger partial charge >= 0.3 is 5.97 Å². The monoisotopic (exact) mass is 268 g/mol. The Labute approximate surface area is 108 Å². The molecule has 18 heavy (non-hydrogen) atoms. The molecule has 0 aliphatic heterocycles. The molecule has 1 N–H and O–H groups in total. The van der Waals surface area contributed by atoms with Crippen molar-refractivity contribution in [2.45, 2.75) is 0 Å². The lowest BCUT2D eigenvalue weighted by molar-refractivity contribution is 0.0493. The molecule has 5 nitrogen and oxygen atoms in total. The maximum Gasteiger partial charge on any atom is 0.345 e. The van der Waals surface area contributed by atoms with Crippen LogP contribution in [-0.2, 0) is 4.74 Å². The number of rotatable bonds is 5. The Kier molecular flexibility index (Phi) is 3.69. The summed E-state index contributed by atoms with van der Waals surface area (Å²) >= 11 is 1.20. The highest BCUT2D eigenvalue weighted by Crippen LogP contribution is 2.36. The molecule has 6 heteroatoms. The molecule has 0 unspecified atom stereocenters. The zero-order valence-electron chi connectivity index (χ0n) is 9.93. The molecule has 0 saturated carbocycles. The van der Waals surface area contributed by atoms with Crippen molar-refractivity contribution in [1.29, 1.82) is 0 Å². The Morgan fingerprint density at radius 3 is 2.67 bits per heavy atom. The molecule has 96 valence electrons. The number of thiophene rings is 1. The van der Waals surface area contributed by atoms with Gasteiger partial charge in [0, 0.05) is 17.9 Å². The number of carboxylic acid groups (broad SMARTS) is 1. The molecule has 0 fully saturated rings. The van der Waals surface area contributed by atoms with Crippen LogP contribution in [-0.4, -0.2) is 32.1 Å². The number of benzene rings is 1. The summed E-state index contributed by atoms with van der Waals surface area (Å²) < 4.78 is 16.2. The Morgan fingerprint density at radius 1 is 1.28 bits per heavy atom. The van der Waals surface area contributed by atoms with Crippen molar-refractivity contribution in [2.75, 3.05) is 21.0 Å². The maximum atomic E-state index is 10.9. The van der Waals surface area contributed by atoms with E-state index in [1.54, 1.807) is 18.2 Å². The van der Waals surface area contributed by atoms with Crippen molar-refractivity contribution in [3.63, 3.8) is 0 Å². The summed E-state index contributed by atoms with van der Waals surface area (Å²) in [6.07, 6.45) is 0. The highest BCUT2D eigenvalue weighted by atomic mass is 32.1. The first-order valence-corrected chi connectivity index (χ1v) is 5.94. The van der Waals surface area contributed by atoms with Gasteiger partial charge in [0.25, 0.3) is 0 Å². The van der Waals surface area contributed by atoms with Gasteiger partial charge in [0.1, 0.15) is 4.88 Å². The second kappa shape index (κ2) is 5.24. The van der Waals surface area contributed by atoms with Gasteiger partial charge in [-0.3, -0.25) is 0 Å². The summed E-state index contributed by atoms with van der Waals surface area (Å²) in [6, 6.07) is 5.12. The number of methoxy groups -OCH3 is 2. The average Bonchev–Trinajstić information content (AvgIpc) is 2.77. The zero-order chi connectivity index (χ0) is 13.1. The smallest absolute Gasteiger partial charge is 0.345 e. The fourth-order valence-corrected chi connectivity index (χ4v) is 2.46. The van der Waals surface area contributed by atoms with Gasteiger partial charge in [-0.1, -0.05) is 0 Å². The Bertz CT molecular complexity index is 575. The van der Waals surface area contributed by atoms with Crippen LogP contribution in [0.1, 0.15) is 9.67 Å². The molecule has 0 amide bonds. The van der Waals surface area contributed by atoms with Gasteiger partial charge in [-0.2, -0.15) is 0 Å². The molecule has 0 saturated heterocycles. The molecule has 2 aromatic rings. The molecule has 0 radical (unpaired) electrons. The van der Waals surface area contributed by atoms with Crippen LogP contribution in [0.2, 0.25) is 0 Å². The van der Waals surface area contributed by atoms with Crippen LogP contribution in [0.5, 0.6) is 11.5 Å². The number of hydrogen-bond donors (Lipinski definition) is 1. The van der Waals surface area contributed by atoms with Crippen molar-refractivity contribution in [2.24, 2.45) is 0 Å². The highest BCUT2D eigenvalue weighted by Gasteiger charge is 2.12. The first-order valence-electron chi connectivity index (χ1n) is 5.12. The van der Waals surface area contributed by atoms with E-state index in [-0.39, 0.29) is 11.7 Å². The quantitative estimate of drug-likeness (QED) is 0.844. The van der Waals surface area contributed by atoms with Crippen LogP contribution in [0.4, 0.5) is 0 Å². The van der Waals surface area contributed by atoms with E-state index < -0.39 is 5.97 Å². The number of aromatic carboxylic acids is 1. The Morgan fingerprint density at radius 2 is 2.06 bits per heavy atom. The van der Waals surface area contributed by atoms with Crippen molar-refractivity contribution in [1.82, 2.24) is 0 Å². The van der Waals surface area contributed by atoms with Crippen molar-refractivity contribution in [3.05, 3.63) is 23.1 Å². The minimum absolute atomic E-state index is 0.109. The third-order valence-corrected chi connectivity index (χ3v) is 3.43. The summed E-state index contributed by atoms with van der Waals surface area (Å²) in [7, 11) is 3.06. The average molecular weight is 268 g/mol. The van der Waals surface area contributed by atoms with Gasteiger partial charge in [0.2, 0.25) is 0 Å². The number of carboxylic acids is 1. The Hall–Kier alpha value is -1.79. The van der Waals surface area contributed by atoms with Crippen LogP contribution in [0.25, 0.3) is 10.1 Å². The molecule has 0 bridgehead atoms. The van der Waals surface area contributed by atoms with Crippen LogP contribution < -0.4 is 9.47 Å². The SMILES string of the molecule is COCOc1cc2cc(C(=O)O)sc2cc1OC. The van der Waals surface area contributed by atoms with Crippen LogP contribution in [0.15, 0.2) is 18.2 Å². The van der Waals surface area contributed by atoms with Crippen LogP contribution in [0.3, 0.4) is 0 Å².